The minimum absolute atomic E-state index is 0.169. The molecule has 0 saturated carbocycles. The second kappa shape index (κ2) is 7.98. The molecule has 0 bridgehead atoms. The maximum absolute atomic E-state index is 11.8. The Morgan fingerprint density at radius 1 is 1.09 bits per heavy atom. The zero-order valence-electron chi connectivity index (χ0n) is 13.6. The summed E-state index contributed by atoms with van der Waals surface area (Å²) < 4.78 is 5.11. The molecule has 1 amide bonds. The molecular formula is C18H21N3O2. The van der Waals surface area contributed by atoms with Gasteiger partial charge in [0, 0.05) is 5.69 Å². The number of rotatable bonds is 6. The van der Waals surface area contributed by atoms with Crippen molar-refractivity contribution in [2.45, 2.75) is 13.8 Å². The largest absolute Gasteiger partial charge is 0.497 e. The zero-order chi connectivity index (χ0) is 16.7. The van der Waals surface area contributed by atoms with E-state index in [1.807, 2.05) is 62.4 Å². The van der Waals surface area contributed by atoms with Crippen LogP contribution < -0.4 is 15.5 Å². The molecule has 0 fully saturated rings. The van der Waals surface area contributed by atoms with Crippen LogP contribution in [0.2, 0.25) is 0 Å². The quantitative estimate of drug-likeness (QED) is 0.637. The van der Waals surface area contributed by atoms with Crippen LogP contribution in [0.4, 0.5) is 5.69 Å². The number of aryl methyl sites for hydroxylation is 1. The molecule has 0 atom stereocenters. The molecule has 2 aromatic carbocycles. The average Bonchev–Trinajstić information content (AvgIpc) is 2.59. The monoisotopic (exact) mass is 311 g/mol. The Labute approximate surface area is 136 Å². The van der Waals surface area contributed by atoms with Crippen LogP contribution in [0.25, 0.3) is 0 Å². The molecule has 0 aromatic heterocycles. The van der Waals surface area contributed by atoms with Crippen molar-refractivity contribution in [1.29, 1.82) is 0 Å². The fourth-order valence-electron chi connectivity index (χ4n) is 1.94. The molecule has 2 N–H and O–H groups in total. The Morgan fingerprint density at radius 2 is 1.74 bits per heavy atom. The van der Waals surface area contributed by atoms with Crippen LogP contribution >= 0.6 is 0 Å². The first-order chi connectivity index (χ1) is 11.1. The number of hydrogen-bond donors (Lipinski definition) is 2. The van der Waals surface area contributed by atoms with Crippen molar-refractivity contribution in [2.75, 3.05) is 19.0 Å². The molecule has 5 heteroatoms. The highest BCUT2D eigenvalue weighted by Gasteiger charge is 2.02. The number of hydrogen-bond acceptors (Lipinski definition) is 4. The maximum atomic E-state index is 11.8. The average molecular weight is 311 g/mol. The molecular weight excluding hydrogens is 290 g/mol. The van der Waals surface area contributed by atoms with Gasteiger partial charge in [0.15, 0.2) is 0 Å². The van der Waals surface area contributed by atoms with Gasteiger partial charge < -0.3 is 10.1 Å². The van der Waals surface area contributed by atoms with Crippen LogP contribution in [-0.4, -0.2) is 25.3 Å². The van der Waals surface area contributed by atoms with E-state index in [1.165, 1.54) is 5.56 Å². The van der Waals surface area contributed by atoms with Crippen molar-refractivity contribution < 1.29 is 9.53 Å². The first-order valence-corrected chi connectivity index (χ1v) is 7.36. The summed E-state index contributed by atoms with van der Waals surface area (Å²) in [5.74, 6) is 0.589. The lowest BCUT2D eigenvalue weighted by atomic mass is 10.1. The van der Waals surface area contributed by atoms with Gasteiger partial charge in [-0.2, -0.15) is 5.10 Å². The topological polar surface area (TPSA) is 62.7 Å². The van der Waals surface area contributed by atoms with Gasteiger partial charge in [-0.1, -0.05) is 17.7 Å². The summed E-state index contributed by atoms with van der Waals surface area (Å²) in [5, 5.41) is 7.16. The third-order valence-corrected chi connectivity index (χ3v) is 3.36. The van der Waals surface area contributed by atoms with E-state index in [0.29, 0.717) is 0 Å². The normalized spacial score (nSPS) is 11.0. The van der Waals surface area contributed by atoms with E-state index < -0.39 is 0 Å². The minimum atomic E-state index is -0.196. The minimum Gasteiger partial charge on any atom is -0.497 e. The van der Waals surface area contributed by atoms with E-state index in [2.05, 4.69) is 15.8 Å². The van der Waals surface area contributed by atoms with Gasteiger partial charge in [0.2, 0.25) is 0 Å². The molecule has 0 saturated heterocycles. The van der Waals surface area contributed by atoms with Crippen LogP contribution in [0, 0.1) is 6.92 Å². The SMILES string of the molecule is COc1ccc(/C(C)=N\NC(=O)CNc2ccc(C)cc2)cc1. The van der Waals surface area contributed by atoms with E-state index in [0.717, 1.165) is 22.7 Å². The number of nitrogens with zero attached hydrogens (tertiary/aromatic N) is 1. The fourth-order valence-corrected chi connectivity index (χ4v) is 1.94. The number of carbonyl (C=O) groups is 1. The van der Waals surface area contributed by atoms with E-state index in [1.54, 1.807) is 7.11 Å². The molecule has 0 aliphatic carbocycles. The van der Waals surface area contributed by atoms with Gasteiger partial charge in [-0.05, 0) is 55.8 Å². The molecule has 2 aromatic rings. The summed E-state index contributed by atoms with van der Waals surface area (Å²) in [5.41, 5.74) is 6.29. The Bertz CT molecular complexity index is 676. The molecule has 23 heavy (non-hydrogen) atoms. The van der Waals surface area contributed by atoms with Gasteiger partial charge in [0.25, 0.3) is 5.91 Å². The highest BCUT2D eigenvalue weighted by molar-refractivity contribution is 5.99. The van der Waals surface area contributed by atoms with Gasteiger partial charge in [0.05, 0.1) is 19.4 Å². The number of ether oxygens (including phenoxy) is 1. The van der Waals surface area contributed by atoms with Crippen molar-refractivity contribution in [2.24, 2.45) is 5.10 Å². The van der Waals surface area contributed by atoms with Crippen molar-refractivity contribution in [3.63, 3.8) is 0 Å². The van der Waals surface area contributed by atoms with E-state index in [4.69, 9.17) is 4.74 Å². The molecule has 0 unspecified atom stereocenters. The zero-order valence-corrected chi connectivity index (χ0v) is 13.6. The number of hydrazone groups is 1. The lowest BCUT2D eigenvalue weighted by Crippen LogP contribution is -2.26. The van der Waals surface area contributed by atoms with Crippen LogP contribution in [-0.2, 0) is 4.79 Å². The third-order valence-electron chi connectivity index (χ3n) is 3.36. The number of carbonyl (C=O) groups excluding carboxylic acids is 1. The highest BCUT2D eigenvalue weighted by atomic mass is 16.5. The van der Waals surface area contributed by atoms with E-state index in [9.17, 15) is 4.79 Å². The van der Waals surface area contributed by atoms with Gasteiger partial charge in [0.1, 0.15) is 5.75 Å². The Balaban J connectivity index is 1.85. The van der Waals surface area contributed by atoms with Crippen molar-refractivity contribution in [1.82, 2.24) is 5.43 Å². The summed E-state index contributed by atoms with van der Waals surface area (Å²) in [6.07, 6.45) is 0. The molecule has 0 radical (unpaired) electrons. The summed E-state index contributed by atoms with van der Waals surface area (Å²) in [6, 6.07) is 15.4. The van der Waals surface area contributed by atoms with Gasteiger partial charge in [-0.25, -0.2) is 5.43 Å². The van der Waals surface area contributed by atoms with Crippen LogP contribution in [0.15, 0.2) is 53.6 Å². The number of anilines is 1. The maximum Gasteiger partial charge on any atom is 0.259 e. The summed E-state index contributed by atoms with van der Waals surface area (Å²) >= 11 is 0. The number of methoxy groups -OCH3 is 1. The van der Waals surface area contributed by atoms with E-state index in [-0.39, 0.29) is 12.5 Å². The standard InChI is InChI=1S/C18H21N3O2/c1-13-4-8-16(9-5-13)19-12-18(22)21-20-14(2)15-6-10-17(23-3)11-7-15/h4-11,19H,12H2,1-3H3,(H,21,22)/b20-14-. The fraction of sp³-hybridized carbons (Fsp3) is 0.222. The van der Waals surface area contributed by atoms with Gasteiger partial charge in [-0.3, -0.25) is 4.79 Å². The second-order valence-corrected chi connectivity index (χ2v) is 5.18. The third kappa shape index (κ3) is 5.14. The molecule has 120 valence electrons. The van der Waals surface area contributed by atoms with Gasteiger partial charge >= 0.3 is 0 Å². The molecule has 0 aliphatic heterocycles. The predicted octanol–water partition coefficient (Wildman–Crippen LogP) is 2.96. The summed E-state index contributed by atoms with van der Waals surface area (Å²) in [6.45, 7) is 4.03. The highest BCUT2D eigenvalue weighted by Crippen LogP contribution is 2.11. The smallest absolute Gasteiger partial charge is 0.259 e. The number of amides is 1. The molecule has 2 rings (SSSR count). The van der Waals surface area contributed by atoms with Crippen molar-refractivity contribution >= 4 is 17.3 Å². The van der Waals surface area contributed by atoms with Gasteiger partial charge in [-0.15, -0.1) is 0 Å². The first-order valence-electron chi connectivity index (χ1n) is 7.36. The summed E-state index contributed by atoms with van der Waals surface area (Å²) in [7, 11) is 1.62. The summed E-state index contributed by atoms with van der Waals surface area (Å²) in [4.78, 5) is 11.8. The first kappa shape index (κ1) is 16.5. The predicted molar refractivity (Wildman–Crippen MR) is 93.0 cm³/mol. The molecule has 0 heterocycles. The molecule has 5 nitrogen and oxygen atoms in total. The van der Waals surface area contributed by atoms with E-state index >= 15 is 0 Å². The Kier molecular flexibility index (Phi) is 5.74. The molecule has 0 spiro atoms. The van der Waals surface area contributed by atoms with Crippen molar-refractivity contribution in [3.05, 3.63) is 59.7 Å². The molecule has 0 aliphatic rings. The number of benzene rings is 2. The number of nitrogens with one attached hydrogen (secondary N) is 2. The van der Waals surface area contributed by atoms with Crippen LogP contribution in [0.1, 0.15) is 18.1 Å². The van der Waals surface area contributed by atoms with Crippen LogP contribution in [0.3, 0.4) is 0 Å². The Hall–Kier alpha value is -2.82. The van der Waals surface area contributed by atoms with Crippen LogP contribution in [0.5, 0.6) is 5.75 Å². The lowest BCUT2D eigenvalue weighted by Gasteiger charge is -2.07. The lowest BCUT2D eigenvalue weighted by molar-refractivity contribution is -0.119. The Morgan fingerprint density at radius 3 is 2.35 bits per heavy atom. The second-order valence-electron chi connectivity index (χ2n) is 5.18. The van der Waals surface area contributed by atoms with Crippen molar-refractivity contribution in [3.8, 4) is 5.75 Å².